The molecule has 0 aromatic heterocycles. The summed E-state index contributed by atoms with van der Waals surface area (Å²) in [5.74, 6) is 2.01. The van der Waals surface area contributed by atoms with Crippen molar-refractivity contribution >= 4 is 5.91 Å². The number of nitrogens with two attached hydrogens (primary N) is 1. The Labute approximate surface area is 110 Å². The van der Waals surface area contributed by atoms with Crippen LogP contribution < -0.4 is 11.1 Å². The molecule has 0 bridgehead atoms. The summed E-state index contributed by atoms with van der Waals surface area (Å²) in [6.07, 6.45) is 3.85. The summed E-state index contributed by atoms with van der Waals surface area (Å²) in [5.41, 5.74) is 6.27. The second kappa shape index (κ2) is 3.50. The molecule has 18 heavy (non-hydrogen) atoms. The second-order valence-electron chi connectivity index (χ2n) is 7.85. The molecule has 102 valence electrons. The van der Waals surface area contributed by atoms with E-state index in [-0.39, 0.29) is 22.9 Å². The van der Waals surface area contributed by atoms with Crippen molar-refractivity contribution in [3.8, 4) is 0 Å². The first-order chi connectivity index (χ1) is 8.28. The van der Waals surface area contributed by atoms with Gasteiger partial charge in [-0.05, 0) is 24.7 Å². The van der Waals surface area contributed by atoms with Gasteiger partial charge < -0.3 is 11.1 Å². The van der Waals surface area contributed by atoms with Crippen LogP contribution in [0.5, 0.6) is 0 Å². The maximum Gasteiger partial charge on any atom is 0.223 e. The van der Waals surface area contributed by atoms with Crippen molar-refractivity contribution in [3.63, 3.8) is 0 Å². The Morgan fingerprint density at radius 2 is 1.61 bits per heavy atom. The van der Waals surface area contributed by atoms with E-state index in [2.05, 4.69) is 33.0 Å². The first kappa shape index (κ1) is 12.5. The van der Waals surface area contributed by atoms with Gasteiger partial charge in [-0.2, -0.15) is 0 Å². The summed E-state index contributed by atoms with van der Waals surface area (Å²) in [5, 5.41) is 3.30. The summed E-state index contributed by atoms with van der Waals surface area (Å²) in [7, 11) is 0. The summed E-state index contributed by atoms with van der Waals surface area (Å²) in [4.78, 5) is 12.4. The molecule has 0 aromatic rings. The molecule has 3 aliphatic rings. The molecular weight excluding hydrogens is 224 g/mol. The van der Waals surface area contributed by atoms with Crippen LogP contribution in [0.4, 0.5) is 0 Å². The molecule has 3 fully saturated rings. The molecule has 3 nitrogen and oxygen atoms in total. The van der Waals surface area contributed by atoms with Crippen LogP contribution in [0.1, 0.15) is 47.0 Å². The minimum atomic E-state index is 0.0170. The quantitative estimate of drug-likeness (QED) is 0.786. The predicted molar refractivity (Wildman–Crippen MR) is 71.8 cm³/mol. The Bertz CT molecular complexity index is 362. The van der Waals surface area contributed by atoms with Crippen LogP contribution in [-0.4, -0.2) is 18.0 Å². The Hall–Kier alpha value is -0.570. The summed E-state index contributed by atoms with van der Waals surface area (Å²) in [6, 6.07) is 0.378. The minimum absolute atomic E-state index is 0.0170. The van der Waals surface area contributed by atoms with Crippen molar-refractivity contribution in [1.29, 1.82) is 0 Å². The third kappa shape index (κ3) is 1.43. The van der Waals surface area contributed by atoms with Crippen molar-refractivity contribution in [3.05, 3.63) is 0 Å². The molecule has 0 aliphatic heterocycles. The lowest BCUT2D eigenvalue weighted by Gasteiger charge is -2.63. The van der Waals surface area contributed by atoms with Crippen LogP contribution >= 0.6 is 0 Å². The lowest BCUT2D eigenvalue weighted by Crippen LogP contribution is -2.76. The molecule has 3 saturated carbocycles. The van der Waals surface area contributed by atoms with Gasteiger partial charge in [0.25, 0.3) is 0 Å². The third-order valence-corrected chi connectivity index (χ3v) is 6.09. The third-order valence-electron chi connectivity index (χ3n) is 6.09. The average Bonchev–Trinajstić information content (AvgIpc) is 2.78. The van der Waals surface area contributed by atoms with Crippen molar-refractivity contribution in [1.82, 2.24) is 5.32 Å². The van der Waals surface area contributed by atoms with Gasteiger partial charge in [-0.1, -0.05) is 34.1 Å². The van der Waals surface area contributed by atoms with E-state index in [1.54, 1.807) is 0 Å². The molecule has 3 N–H and O–H groups in total. The molecule has 3 rings (SSSR count). The van der Waals surface area contributed by atoms with Crippen molar-refractivity contribution in [2.24, 2.45) is 34.3 Å². The molecule has 0 saturated heterocycles. The number of carbonyl (C=O) groups is 1. The van der Waals surface area contributed by atoms with E-state index in [4.69, 9.17) is 5.73 Å². The highest BCUT2D eigenvalue weighted by atomic mass is 16.2. The summed E-state index contributed by atoms with van der Waals surface area (Å²) < 4.78 is 0. The number of amides is 1. The van der Waals surface area contributed by atoms with Gasteiger partial charge in [0.1, 0.15) is 0 Å². The minimum Gasteiger partial charge on any atom is -0.352 e. The summed E-state index contributed by atoms with van der Waals surface area (Å²) >= 11 is 0. The smallest absolute Gasteiger partial charge is 0.223 e. The molecule has 2 unspecified atom stereocenters. The van der Waals surface area contributed by atoms with Crippen molar-refractivity contribution in [2.75, 3.05) is 0 Å². The second-order valence-corrected chi connectivity index (χ2v) is 7.85. The normalized spacial score (nSPS) is 47.1. The number of nitrogens with one attached hydrogen (secondary N) is 1. The average molecular weight is 250 g/mol. The fourth-order valence-corrected chi connectivity index (χ4v) is 5.00. The molecule has 2 atom stereocenters. The van der Waals surface area contributed by atoms with E-state index < -0.39 is 0 Å². The SMILES string of the molecule is CC1(C)C(N)C(C)(C)C1NC(=O)C1C2CCCC21. The van der Waals surface area contributed by atoms with Gasteiger partial charge in [-0.3, -0.25) is 4.79 Å². The standard InChI is InChI=1S/C15H26N2O/c1-14(2)12(16)15(3,4)13(14)17-11(18)10-8-6-5-7-9(8)10/h8-10,12-13H,5-7,16H2,1-4H3,(H,17,18). The Morgan fingerprint density at radius 3 is 2.11 bits per heavy atom. The van der Waals surface area contributed by atoms with Crippen LogP contribution in [0, 0.1) is 28.6 Å². The maximum absolute atomic E-state index is 12.4. The lowest BCUT2D eigenvalue weighted by molar-refractivity contribution is -0.134. The predicted octanol–water partition coefficient (Wildman–Crippen LogP) is 1.91. The van der Waals surface area contributed by atoms with E-state index in [1.807, 2.05) is 0 Å². The highest BCUT2D eigenvalue weighted by Gasteiger charge is 2.63. The number of carbonyl (C=O) groups excluding carboxylic acids is 1. The number of fused-ring (bicyclic) bond motifs is 1. The number of hydrogen-bond acceptors (Lipinski definition) is 2. The molecule has 3 aliphatic carbocycles. The zero-order valence-electron chi connectivity index (χ0n) is 12.0. The van der Waals surface area contributed by atoms with Crippen LogP contribution in [0.3, 0.4) is 0 Å². The van der Waals surface area contributed by atoms with E-state index >= 15 is 0 Å². The van der Waals surface area contributed by atoms with Crippen LogP contribution in [0.15, 0.2) is 0 Å². The molecule has 0 aromatic carbocycles. The van der Waals surface area contributed by atoms with Gasteiger partial charge in [0.2, 0.25) is 5.91 Å². The zero-order valence-corrected chi connectivity index (χ0v) is 12.0. The molecule has 1 amide bonds. The van der Waals surface area contributed by atoms with Crippen LogP contribution in [0.2, 0.25) is 0 Å². The zero-order chi connectivity index (χ0) is 13.3. The van der Waals surface area contributed by atoms with Crippen molar-refractivity contribution < 1.29 is 4.79 Å². The van der Waals surface area contributed by atoms with Gasteiger partial charge in [0.05, 0.1) is 0 Å². The Morgan fingerprint density at radius 1 is 1.11 bits per heavy atom. The fourth-order valence-electron chi connectivity index (χ4n) is 5.00. The van der Waals surface area contributed by atoms with E-state index in [0.29, 0.717) is 23.7 Å². The highest BCUT2D eigenvalue weighted by Crippen LogP contribution is 2.58. The maximum atomic E-state index is 12.4. The number of rotatable bonds is 2. The van der Waals surface area contributed by atoms with Gasteiger partial charge in [-0.25, -0.2) is 0 Å². The molecule has 0 heterocycles. The molecule has 0 spiro atoms. The van der Waals surface area contributed by atoms with Gasteiger partial charge in [0.15, 0.2) is 0 Å². The van der Waals surface area contributed by atoms with Gasteiger partial charge >= 0.3 is 0 Å². The molecule has 3 heteroatoms. The summed E-state index contributed by atoms with van der Waals surface area (Å²) in [6.45, 7) is 8.67. The first-order valence-corrected chi connectivity index (χ1v) is 7.34. The van der Waals surface area contributed by atoms with Crippen molar-refractivity contribution in [2.45, 2.75) is 59.0 Å². The number of hydrogen-bond donors (Lipinski definition) is 2. The fraction of sp³-hybridized carbons (Fsp3) is 0.933. The Balaban J connectivity index is 1.65. The van der Waals surface area contributed by atoms with Gasteiger partial charge in [-0.15, -0.1) is 0 Å². The molecular formula is C15H26N2O. The lowest BCUT2D eigenvalue weighted by atomic mass is 9.48. The van der Waals surface area contributed by atoms with E-state index in [0.717, 1.165) is 0 Å². The topological polar surface area (TPSA) is 55.1 Å². The molecule has 0 radical (unpaired) electrons. The van der Waals surface area contributed by atoms with Crippen LogP contribution in [-0.2, 0) is 4.79 Å². The Kier molecular flexibility index (Phi) is 2.42. The van der Waals surface area contributed by atoms with E-state index in [9.17, 15) is 4.79 Å². The largest absolute Gasteiger partial charge is 0.352 e. The first-order valence-electron chi connectivity index (χ1n) is 7.34. The monoisotopic (exact) mass is 250 g/mol. The van der Waals surface area contributed by atoms with Crippen LogP contribution in [0.25, 0.3) is 0 Å². The highest BCUT2D eigenvalue weighted by molar-refractivity contribution is 5.83. The van der Waals surface area contributed by atoms with Gasteiger partial charge in [0, 0.05) is 28.8 Å². The van der Waals surface area contributed by atoms with E-state index in [1.165, 1.54) is 19.3 Å².